The number of hydrogen-bond acceptors (Lipinski definition) is 5. The molecule has 1 aliphatic carbocycles. The highest BCUT2D eigenvalue weighted by atomic mass is 16.5. The average molecular weight is 224 g/mol. The van der Waals surface area contributed by atoms with Crippen molar-refractivity contribution in [3.63, 3.8) is 0 Å². The molecule has 0 saturated heterocycles. The molecule has 2 rings (SSSR count). The molecule has 6 nitrogen and oxygen atoms in total. The number of aryl methyl sites for hydroxylation is 1. The summed E-state index contributed by atoms with van der Waals surface area (Å²) in [5.41, 5.74) is 5.84. The van der Waals surface area contributed by atoms with Crippen LogP contribution in [0.5, 0.6) is 0 Å². The van der Waals surface area contributed by atoms with E-state index in [-0.39, 0.29) is 11.9 Å². The molecule has 0 bridgehead atoms. The van der Waals surface area contributed by atoms with Crippen LogP contribution in [0.3, 0.4) is 0 Å². The summed E-state index contributed by atoms with van der Waals surface area (Å²) in [6.07, 6.45) is 2.68. The second kappa shape index (κ2) is 4.61. The topological polar surface area (TPSA) is 94.0 Å². The smallest absolute Gasteiger partial charge is 0.223 e. The fraction of sp³-hybridized carbons (Fsp3) is 0.700. The van der Waals surface area contributed by atoms with E-state index in [2.05, 4.69) is 15.5 Å². The molecule has 1 saturated carbocycles. The van der Waals surface area contributed by atoms with Crippen LogP contribution in [0.15, 0.2) is 4.52 Å². The van der Waals surface area contributed by atoms with Crippen LogP contribution in [-0.2, 0) is 11.3 Å². The van der Waals surface area contributed by atoms with E-state index in [4.69, 9.17) is 10.3 Å². The van der Waals surface area contributed by atoms with Crippen molar-refractivity contribution in [2.24, 2.45) is 11.7 Å². The average Bonchev–Trinajstić information content (AvgIpc) is 3.00. The van der Waals surface area contributed by atoms with Gasteiger partial charge in [0.1, 0.15) is 0 Å². The molecule has 0 aromatic carbocycles. The summed E-state index contributed by atoms with van der Waals surface area (Å²) in [6.45, 7) is 2.01. The highest BCUT2D eigenvalue weighted by Crippen LogP contribution is 2.32. The molecule has 0 radical (unpaired) electrons. The first kappa shape index (κ1) is 11.1. The van der Waals surface area contributed by atoms with Crippen LogP contribution >= 0.6 is 0 Å². The predicted octanol–water partition coefficient (Wildman–Crippen LogP) is 0.122. The van der Waals surface area contributed by atoms with Gasteiger partial charge in [0, 0.05) is 19.4 Å². The summed E-state index contributed by atoms with van der Waals surface area (Å²) in [7, 11) is 0. The Hall–Kier alpha value is -1.43. The van der Waals surface area contributed by atoms with Gasteiger partial charge in [-0.05, 0) is 18.8 Å². The fourth-order valence-electron chi connectivity index (χ4n) is 1.57. The standard InChI is InChI=1S/C10H16N4O2/c1-6-13-9(14-16-6)5-12-10(15)4-8(11)7-2-3-7/h7-8H,2-5,11H2,1H3,(H,12,15). The Bertz CT molecular complexity index is 373. The highest BCUT2D eigenvalue weighted by molar-refractivity contribution is 5.76. The number of rotatable bonds is 5. The Morgan fingerprint density at radius 1 is 1.69 bits per heavy atom. The highest BCUT2D eigenvalue weighted by Gasteiger charge is 2.29. The predicted molar refractivity (Wildman–Crippen MR) is 56.2 cm³/mol. The van der Waals surface area contributed by atoms with Crippen molar-refractivity contribution in [2.45, 2.75) is 38.8 Å². The molecule has 16 heavy (non-hydrogen) atoms. The van der Waals surface area contributed by atoms with E-state index in [0.717, 1.165) is 12.8 Å². The minimum atomic E-state index is -0.0538. The first-order valence-electron chi connectivity index (χ1n) is 5.46. The van der Waals surface area contributed by atoms with E-state index in [9.17, 15) is 4.79 Å². The number of amides is 1. The maximum absolute atomic E-state index is 11.5. The van der Waals surface area contributed by atoms with Crippen molar-refractivity contribution in [3.05, 3.63) is 11.7 Å². The summed E-state index contributed by atoms with van der Waals surface area (Å²) in [5.74, 6) is 1.48. The van der Waals surface area contributed by atoms with Crippen molar-refractivity contribution < 1.29 is 9.32 Å². The largest absolute Gasteiger partial charge is 0.349 e. The normalized spacial score (nSPS) is 17.1. The number of hydrogen-bond donors (Lipinski definition) is 2. The molecule has 1 amide bonds. The molecule has 0 aliphatic heterocycles. The van der Waals surface area contributed by atoms with Crippen LogP contribution < -0.4 is 11.1 Å². The second-order valence-corrected chi connectivity index (χ2v) is 4.21. The van der Waals surface area contributed by atoms with Crippen molar-refractivity contribution in [1.82, 2.24) is 15.5 Å². The molecule has 1 unspecified atom stereocenters. The Balaban J connectivity index is 1.70. The Morgan fingerprint density at radius 3 is 3.00 bits per heavy atom. The van der Waals surface area contributed by atoms with E-state index in [0.29, 0.717) is 30.6 Å². The molecule has 0 spiro atoms. The quantitative estimate of drug-likeness (QED) is 0.741. The molecule has 6 heteroatoms. The van der Waals surface area contributed by atoms with Crippen LogP contribution in [-0.4, -0.2) is 22.1 Å². The van der Waals surface area contributed by atoms with Gasteiger partial charge in [-0.1, -0.05) is 5.16 Å². The molecule has 1 aromatic heterocycles. The van der Waals surface area contributed by atoms with Gasteiger partial charge in [-0.2, -0.15) is 4.98 Å². The maximum atomic E-state index is 11.5. The van der Waals surface area contributed by atoms with Gasteiger partial charge >= 0.3 is 0 Å². The minimum absolute atomic E-state index is 0.00740. The summed E-state index contributed by atoms with van der Waals surface area (Å²) in [6, 6.07) is -0.00740. The number of aromatic nitrogens is 2. The third kappa shape index (κ3) is 3.03. The molecule has 1 heterocycles. The van der Waals surface area contributed by atoms with E-state index < -0.39 is 0 Å². The van der Waals surface area contributed by atoms with Gasteiger partial charge in [-0.3, -0.25) is 4.79 Å². The number of nitrogens with zero attached hydrogens (tertiary/aromatic N) is 2. The zero-order valence-electron chi connectivity index (χ0n) is 9.27. The van der Waals surface area contributed by atoms with E-state index in [1.54, 1.807) is 6.92 Å². The van der Waals surface area contributed by atoms with Crippen LogP contribution in [0, 0.1) is 12.8 Å². The molecule has 1 fully saturated rings. The lowest BCUT2D eigenvalue weighted by atomic mass is 10.1. The van der Waals surface area contributed by atoms with Gasteiger partial charge in [0.15, 0.2) is 5.82 Å². The first-order chi connectivity index (χ1) is 7.65. The van der Waals surface area contributed by atoms with Gasteiger partial charge < -0.3 is 15.6 Å². The van der Waals surface area contributed by atoms with E-state index >= 15 is 0 Å². The Kier molecular flexibility index (Phi) is 3.19. The van der Waals surface area contributed by atoms with E-state index in [1.807, 2.05) is 0 Å². The van der Waals surface area contributed by atoms with Gasteiger partial charge in [0.05, 0.1) is 6.54 Å². The van der Waals surface area contributed by atoms with Crippen molar-refractivity contribution in [1.29, 1.82) is 0 Å². The number of carbonyl (C=O) groups is 1. The molecular weight excluding hydrogens is 208 g/mol. The lowest BCUT2D eigenvalue weighted by molar-refractivity contribution is -0.121. The molecule has 1 aliphatic rings. The molecule has 1 aromatic rings. The SMILES string of the molecule is Cc1nc(CNC(=O)CC(N)C2CC2)no1. The number of carbonyl (C=O) groups excluding carboxylic acids is 1. The van der Waals surface area contributed by atoms with Gasteiger partial charge in [-0.25, -0.2) is 0 Å². The molecular formula is C10H16N4O2. The summed E-state index contributed by atoms with van der Waals surface area (Å²) < 4.78 is 4.79. The van der Waals surface area contributed by atoms with Crippen molar-refractivity contribution in [3.8, 4) is 0 Å². The zero-order chi connectivity index (χ0) is 11.5. The lowest BCUT2D eigenvalue weighted by Gasteiger charge is -2.09. The number of nitrogens with two attached hydrogens (primary N) is 1. The summed E-state index contributed by atoms with van der Waals surface area (Å²) in [5, 5.41) is 6.40. The lowest BCUT2D eigenvalue weighted by Crippen LogP contribution is -2.32. The van der Waals surface area contributed by atoms with E-state index in [1.165, 1.54) is 0 Å². The van der Waals surface area contributed by atoms with Gasteiger partial charge in [0.2, 0.25) is 11.8 Å². The zero-order valence-corrected chi connectivity index (χ0v) is 9.27. The Morgan fingerprint density at radius 2 is 2.44 bits per heavy atom. The van der Waals surface area contributed by atoms with Crippen LogP contribution in [0.2, 0.25) is 0 Å². The summed E-state index contributed by atoms with van der Waals surface area (Å²) in [4.78, 5) is 15.5. The summed E-state index contributed by atoms with van der Waals surface area (Å²) >= 11 is 0. The third-order valence-electron chi connectivity index (χ3n) is 2.66. The second-order valence-electron chi connectivity index (χ2n) is 4.21. The van der Waals surface area contributed by atoms with Crippen LogP contribution in [0.1, 0.15) is 31.0 Å². The van der Waals surface area contributed by atoms with Crippen LogP contribution in [0.25, 0.3) is 0 Å². The minimum Gasteiger partial charge on any atom is -0.349 e. The Labute approximate surface area is 93.6 Å². The first-order valence-corrected chi connectivity index (χ1v) is 5.46. The maximum Gasteiger partial charge on any atom is 0.223 e. The fourth-order valence-corrected chi connectivity index (χ4v) is 1.57. The van der Waals surface area contributed by atoms with Crippen molar-refractivity contribution in [2.75, 3.05) is 0 Å². The molecule has 3 N–H and O–H groups in total. The van der Waals surface area contributed by atoms with Crippen molar-refractivity contribution >= 4 is 5.91 Å². The van der Waals surface area contributed by atoms with Gasteiger partial charge in [0.25, 0.3) is 0 Å². The van der Waals surface area contributed by atoms with Crippen LogP contribution in [0.4, 0.5) is 0 Å². The third-order valence-corrected chi connectivity index (χ3v) is 2.66. The van der Waals surface area contributed by atoms with Gasteiger partial charge in [-0.15, -0.1) is 0 Å². The number of nitrogens with one attached hydrogen (secondary N) is 1. The molecule has 88 valence electrons. The molecule has 1 atom stereocenters. The monoisotopic (exact) mass is 224 g/mol.